The minimum Gasteiger partial charge on any atom is -0.506 e. The van der Waals surface area contributed by atoms with Crippen LogP contribution in [0.2, 0.25) is 15.1 Å². The number of nitrogens with zero attached hydrogens (tertiary/aromatic N) is 4. The molecule has 0 radical (unpaired) electrons. The molecule has 0 unspecified atom stereocenters. The Morgan fingerprint density at radius 1 is 1.21 bits per heavy atom. The molecule has 0 saturated carbocycles. The molecular formula is C18H14Cl3N5O2S. The van der Waals surface area contributed by atoms with Gasteiger partial charge in [0.1, 0.15) is 5.75 Å². The van der Waals surface area contributed by atoms with Crippen LogP contribution in [-0.4, -0.2) is 37.7 Å². The number of thioether (sulfide) groups is 1. The standard InChI is InChI=1S/C18H14Cl3N5O2S/c1-26-17(10-2-4-12(19)5-3-10)24-25-18(26)29-9-15(27)23-22-8-11-6-13(20)7-14(21)16(11)28/h2-8,28H,9H2,1H3,(H,23,27)/b22-8+. The summed E-state index contributed by atoms with van der Waals surface area (Å²) in [7, 11) is 1.81. The fourth-order valence-electron chi connectivity index (χ4n) is 2.31. The van der Waals surface area contributed by atoms with Crippen LogP contribution in [0.25, 0.3) is 11.4 Å². The van der Waals surface area contributed by atoms with Crippen molar-refractivity contribution < 1.29 is 9.90 Å². The molecule has 150 valence electrons. The highest BCUT2D eigenvalue weighted by Gasteiger charge is 2.13. The number of carbonyl (C=O) groups is 1. The third-order valence-electron chi connectivity index (χ3n) is 3.72. The van der Waals surface area contributed by atoms with E-state index in [2.05, 4.69) is 20.7 Å². The zero-order valence-electron chi connectivity index (χ0n) is 14.9. The first-order valence-electron chi connectivity index (χ1n) is 8.13. The van der Waals surface area contributed by atoms with E-state index in [4.69, 9.17) is 34.8 Å². The second-order valence-electron chi connectivity index (χ2n) is 5.78. The maximum atomic E-state index is 12.0. The molecule has 0 fully saturated rings. The molecule has 0 atom stereocenters. The highest BCUT2D eigenvalue weighted by atomic mass is 35.5. The Morgan fingerprint density at radius 2 is 1.93 bits per heavy atom. The number of aromatic nitrogens is 3. The lowest BCUT2D eigenvalue weighted by atomic mass is 10.2. The van der Waals surface area contributed by atoms with E-state index in [1.807, 2.05) is 19.2 Å². The van der Waals surface area contributed by atoms with Gasteiger partial charge in [-0.3, -0.25) is 4.79 Å². The molecule has 1 heterocycles. The van der Waals surface area contributed by atoms with Gasteiger partial charge in [0.25, 0.3) is 5.91 Å². The van der Waals surface area contributed by atoms with E-state index < -0.39 is 0 Å². The highest BCUT2D eigenvalue weighted by Crippen LogP contribution is 2.30. The van der Waals surface area contributed by atoms with Gasteiger partial charge in [-0.25, -0.2) is 5.43 Å². The Kier molecular flexibility index (Phi) is 7.02. The van der Waals surface area contributed by atoms with Gasteiger partial charge in [0, 0.05) is 28.2 Å². The van der Waals surface area contributed by atoms with Crippen LogP contribution in [0.5, 0.6) is 5.75 Å². The van der Waals surface area contributed by atoms with Crippen molar-refractivity contribution in [1.29, 1.82) is 0 Å². The van der Waals surface area contributed by atoms with Crippen molar-refractivity contribution >= 4 is 58.7 Å². The van der Waals surface area contributed by atoms with Crippen LogP contribution in [0, 0.1) is 0 Å². The smallest absolute Gasteiger partial charge is 0.250 e. The third-order valence-corrected chi connectivity index (χ3v) is 5.50. The molecular weight excluding hydrogens is 457 g/mol. The highest BCUT2D eigenvalue weighted by molar-refractivity contribution is 7.99. The van der Waals surface area contributed by atoms with Gasteiger partial charge in [-0.2, -0.15) is 5.10 Å². The summed E-state index contributed by atoms with van der Waals surface area (Å²) in [4.78, 5) is 12.0. The monoisotopic (exact) mass is 469 g/mol. The zero-order chi connectivity index (χ0) is 21.0. The Labute approximate surface area is 185 Å². The molecule has 0 aliphatic carbocycles. The summed E-state index contributed by atoms with van der Waals surface area (Å²) in [6.45, 7) is 0. The molecule has 0 bridgehead atoms. The van der Waals surface area contributed by atoms with E-state index in [1.54, 1.807) is 16.7 Å². The summed E-state index contributed by atoms with van der Waals surface area (Å²) in [6.07, 6.45) is 1.26. The summed E-state index contributed by atoms with van der Waals surface area (Å²) in [5.74, 6) is 0.217. The van der Waals surface area contributed by atoms with Crippen LogP contribution >= 0.6 is 46.6 Å². The summed E-state index contributed by atoms with van der Waals surface area (Å²) in [5.41, 5.74) is 3.53. The predicted octanol–water partition coefficient (Wildman–Crippen LogP) is 4.39. The molecule has 3 aromatic rings. The fraction of sp³-hybridized carbons (Fsp3) is 0.111. The molecule has 29 heavy (non-hydrogen) atoms. The number of phenols is 1. The van der Waals surface area contributed by atoms with Gasteiger partial charge in [-0.05, 0) is 36.4 Å². The van der Waals surface area contributed by atoms with E-state index in [1.165, 1.54) is 30.1 Å². The number of carbonyl (C=O) groups excluding carboxylic acids is 1. The van der Waals surface area contributed by atoms with E-state index in [0.717, 1.165) is 5.56 Å². The number of aromatic hydroxyl groups is 1. The molecule has 2 N–H and O–H groups in total. The van der Waals surface area contributed by atoms with E-state index in [-0.39, 0.29) is 28.0 Å². The molecule has 0 spiro atoms. The number of amides is 1. The summed E-state index contributed by atoms with van der Waals surface area (Å²) in [5, 5.41) is 23.6. The van der Waals surface area contributed by atoms with Gasteiger partial charge < -0.3 is 9.67 Å². The molecule has 1 aromatic heterocycles. The quantitative estimate of drug-likeness (QED) is 0.317. The maximum Gasteiger partial charge on any atom is 0.250 e. The van der Waals surface area contributed by atoms with Gasteiger partial charge >= 0.3 is 0 Å². The number of phenolic OH excluding ortho intramolecular Hbond substituents is 1. The fourth-order valence-corrected chi connectivity index (χ4v) is 3.65. The first kappa shape index (κ1) is 21.4. The van der Waals surface area contributed by atoms with Gasteiger partial charge in [0.15, 0.2) is 11.0 Å². The first-order valence-corrected chi connectivity index (χ1v) is 10.2. The average Bonchev–Trinajstić information content (AvgIpc) is 3.05. The van der Waals surface area contributed by atoms with Crippen molar-refractivity contribution in [3.05, 3.63) is 57.0 Å². The van der Waals surface area contributed by atoms with Crippen molar-refractivity contribution in [1.82, 2.24) is 20.2 Å². The van der Waals surface area contributed by atoms with Crippen molar-refractivity contribution in [3.63, 3.8) is 0 Å². The molecule has 1 amide bonds. The SMILES string of the molecule is Cn1c(SCC(=O)N/N=C/c2cc(Cl)cc(Cl)c2O)nnc1-c1ccc(Cl)cc1. The van der Waals surface area contributed by atoms with E-state index >= 15 is 0 Å². The van der Waals surface area contributed by atoms with Crippen molar-refractivity contribution in [2.24, 2.45) is 12.1 Å². The van der Waals surface area contributed by atoms with Crippen molar-refractivity contribution in [3.8, 4) is 17.1 Å². The summed E-state index contributed by atoms with van der Waals surface area (Å²) < 4.78 is 1.79. The second-order valence-corrected chi connectivity index (χ2v) is 8.00. The number of hydrazone groups is 1. The van der Waals surface area contributed by atoms with Gasteiger partial charge in [-0.15, -0.1) is 10.2 Å². The topological polar surface area (TPSA) is 92.4 Å². The number of hydrogen-bond donors (Lipinski definition) is 2. The number of rotatable bonds is 6. The normalized spacial score (nSPS) is 11.2. The predicted molar refractivity (Wildman–Crippen MR) is 116 cm³/mol. The minimum absolute atomic E-state index is 0.0756. The first-order chi connectivity index (χ1) is 13.8. The Morgan fingerprint density at radius 3 is 2.66 bits per heavy atom. The lowest BCUT2D eigenvalue weighted by molar-refractivity contribution is -0.118. The zero-order valence-corrected chi connectivity index (χ0v) is 18.0. The lowest BCUT2D eigenvalue weighted by Crippen LogP contribution is -2.19. The Bertz CT molecular complexity index is 1070. The van der Waals surface area contributed by atoms with Crippen LogP contribution in [-0.2, 0) is 11.8 Å². The lowest BCUT2D eigenvalue weighted by Gasteiger charge is -2.04. The van der Waals surface area contributed by atoms with E-state index in [0.29, 0.717) is 21.0 Å². The number of hydrogen-bond acceptors (Lipinski definition) is 6. The van der Waals surface area contributed by atoms with Gasteiger partial charge in [0.2, 0.25) is 0 Å². The number of nitrogens with one attached hydrogen (secondary N) is 1. The molecule has 7 nitrogen and oxygen atoms in total. The van der Waals surface area contributed by atoms with Crippen LogP contribution in [0.1, 0.15) is 5.56 Å². The Hall–Kier alpha value is -2.26. The number of halogens is 3. The molecule has 0 aliphatic heterocycles. The second kappa shape index (κ2) is 9.49. The van der Waals surface area contributed by atoms with Crippen LogP contribution in [0.3, 0.4) is 0 Å². The Balaban J connectivity index is 1.58. The largest absolute Gasteiger partial charge is 0.506 e. The molecule has 0 aliphatic rings. The molecule has 11 heteroatoms. The van der Waals surface area contributed by atoms with Crippen LogP contribution in [0.15, 0.2) is 46.7 Å². The van der Waals surface area contributed by atoms with Crippen LogP contribution in [0.4, 0.5) is 0 Å². The van der Waals surface area contributed by atoms with Gasteiger partial charge in [-0.1, -0.05) is 46.6 Å². The summed E-state index contributed by atoms with van der Waals surface area (Å²) >= 11 is 18.8. The van der Waals surface area contributed by atoms with Crippen LogP contribution < -0.4 is 5.43 Å². The number of benzene rings is 2. The van der Waals surface area contributed by atoms with Crippen molar-refractivity contribution in [2.75, 3.05) is 5.75 Å². The molecule has 3 rings (SSSR count). The maximum absolute atomic E-state index is 12.0. The summed E-state index contributed by atoms with van der Waals surface area (Å²) in [6, 6.07) is 10.1. The average molecular weight is 471 g/mol. The molecule has 0 saturated heterocycles. The van der Waals surface area contributed by atoms with Crippen molar-refractivity contribution in [2.45, 2.75) is 5.16 Å². The minimum atomic E-state index is -0.352. The van der Waals surface area contributed by atoms with Gasteiger partial charge in [0.05, 0.1) is 17.0 Å². The third kappa shape index (κ3) is 5.42. The van der Waals surface area contributed by atoms with E-state index in [9.17, 15) is 9.90 Å². The molecule has 2 aromatic carbocycles.